The summed E-state index contributed by atoms with van der Waals surface area (Å²) in [6, 6.07) is 1.75. The Balaban J connectivity index is 2.16. The predicted molar refractivity (Wildman–Crippen MR) is 74.3 cm³/mol. The van der Waals surface area contributed by atoms with Gasteiger partial charge >= 0.3 is 0 Å². The molecule has 0 saturated heterocycles. The number of hydrogen-bond acceptors (Lipinski definition) is 4. The van der Waals surface area contributed by atoms with Gasteiger partial charge in [0.1, 0.15) is 0 Å². The molecule has 0 aromatic carbocycles. The Labute approximate surface area is 119 Å². The summed E-state index contributed by atoms with van der Waals surface area (Å²) in [5.41, 5.74) is 0.980. The number of fused-ring (bicyclic) bond motifs is 1. The Morgan fingerprint density at radius 1 is 1.55 bits per heavy atom. The molecular formula is C12H20N4O3S. The van der Waals surface area contributed by atoms with Gasteiger partial charge in [0.2, 0.25) is 15.9 Å². The van der Waals surface area contributed by atoms with E-state index in [9.17, 15) is 13.2 Å². The van der Waals surface area contributed by atoms with Gasteiger partial charge in [0.15, 0.2) is 0 Å². The first kappa shape index (κ1) is 15.0. The molecule has 1 N–H and O–H groups in total. The molecule has 1 atom stereocenters. The van der Waals surface area contributed by atoms with Crippen LogP contribution in [0, 0.1) is 0 Å². The summed E-state index contributed by atoms with van der Waals surface area (Å²) in [7, 11) is -3.26. The van der Waals surface area contributed by atoms with Crippen molar-refractivity contribution in [2.45, 2.75) is 38.9 Å². The number of nitrogens with zero attached hydrogens (tertiary/aromatic N) is 3. The second kappa shape index (κ2) is 5.92. The molecule has 0 spiro atoms. The molecule has 1 aliphatic rings. The van der Waals surface area contributed by atoms with Crippen molar-refractivity contribution in [3.63, 3.8) is 0 Å². The molecule has 2 heterocycles. The van der Waals surface area contributed by atoms with Crippen molar-refractivity contribution in [2.75, 3.05) is 12.8 Å². The average molecular weight is 300 g/mol. The van der Waals surface area contributed by atoms with Crippen molar-refractivity contribution >= 4 is 15.9 Å². The minimum atomic E-state index is -3.26. The first-order valence-corrected chi connectivity index (χ1v) is 8.54. The number of sulfonamides is 1. The molecule has 8 heteroatoms. The lowest BCUT2D eigenvalue weighted by molar-refractivity contribution is -0.133. The third-order valence-corrected chi connectivity index (χ3v) is 4.15. The Morgan fingerprint density at radius 3 is 2.95 bits per heavy atom. The van der Waals surface area contributed by atoms with Gasteiger partial charge in [-0.25, -0.2) is 13.1 Å². The van der Waals surface area contributed by atoms with Gasteiger partial charge in [-0.1, -0.05) is 6.92 Å². The molecular weight excluding hydrogens is 280 g/mol. The lowest BCUT2D eigenvalue weighted by atomic mass is 10.1. The molecule has 0 radical (unpaired) electrons. The summed E-state index contributed by atoms with van der Waals surface area (Å²) >= 11 is 0. The van der Waals surface area contributed by atoms with Gasteiger partial charge in [0.25, 0.3) is 0 Å². The third-order valence-electron chi connectivity index (χ3n) is 3.46. The summed E-state index contributed by atoms with van der Waals surface area (Å²) in [5, 5.41) is 4.22. The van der Waals surface area contributed by atoms with Gasteiger partial charge < -0.3 is 4.90 Å². The summed E-state index contributed by atoms with van der Waals surface area (Å²) in [6.45, 7) is 3.22. The van der Waals surface area contributed by atoms with E-state index in [1.807, 2.05) is 17.7 Å². The number of aryl methyl sites for hydroxylation is 1. The zero-order valence-corrected chi connectivity index (χ0v) is 12.6. The molecule has 20 heavy (non-hydrogen) atoms. The van der Waals surface area contributed by atoms with E-state index in [1.54, 1.807) is 11.1 Å². The number of hydrogen-bond donors (Lipinski definition) is 1. The predicted octanol–water partition coefficient (Wildman–Crippen LogP) is -0.0568. The highest BCUT2D eigenvalue weighted by molar-refractivity contribution is 7.88. The molecule has 0 aliphatic carbocycles. The van der Waals surface area contributed by atoms with Crippen LogP contribution in [-0.2, 0) is 27.9 Å². The van der Waals surface area contributed by atoms with Crippen molar-refractivity contribution in [1.82, 2.24) is 19.4 Å². The van der Waals surface area contributed by atoms with Gasteiger partial charge in [-0.2, -0.15) is 5.10 Å². The number of carbonyl (C=O) groups is 1. The van der Waals surface area contributed by atoms with E-state index in [4.69, 9.17) is 0 Å². The van der Waals surface area contributed by atoms with Crippen LogP contribution < -0.4 is 4.72 Å². The SMILES string of the molecule is CCC(=O)N1Cc2ccnn2CC[C@@H]1CNS(C)(=O)=O. The Bertz CT molecular complexity index is 581. The average Bonchev–Trinajstić information content (AvgIpc) is 2.75. The van der Waals surface area contributed by atoms with Crippen molar-refractivity contribution in [3.8, 4) is 0 Å². The summed E-state index contributed by atoms with van der Waals surface area (Å²) in [4.78, 5) is 13.9. The highest BCUT2D eigenvalue weighted by atomic mass is 32.2. The van der Waals surface area contributed by atoms with Crippen LogP contribution >= 0.6 is 0 Å². The van der Waals surface area contributed by atoms with Gasteiger partial charge in [-0.3, -0.25) is 9.48 Å². The molecule has 112 valence electrons. The first-order valence-electron chi connectivity index (χ1n) is 6.65. The van der Waals surface area contributed by atoms with Crippen LogP contribution in [-0.4, -0.2) is 47.8 Å². The molecule has 7 nitrogen and oxygen atoms in total. The zero-order valence-electron chi connectivity index (χ0n) is 11.7. The monoisotopic (exact) mass is 300 g/mol. The van der Waals surface area contributed by atoms with Gasteiger partial charge in [-0.05, 0) is 12.5 Å². The first-order chi connectivity index (χ1) is 9.40. The number of carbonyl (C=O) groups excluding carboxylic acids is 1. The lowest BCUT2D eigenvalue weighted by Crippen LogP contribution is -2.45. The summed E-state index contributed by atoms with van der Waals surface area (Å²) in [6.07, 6.45) is 3.94. The lowest BCUT2D eigenvalue weighted by Gasteiger charge is -2.29. The molecule has 0 saturated carbocycles. The molecule has 1 aromatic rings. The molecule has 1 aliphatic heterocycles. The smallest absolute Gasteiger partial charge is 0.222 e. The largest absolute Gasteiger partial charge is 0.332 e. The quantitative estimate of drug-likeness (QED) is 0.844. The summed E-state index contributed by atoms with van der Waals surface area (Å²) < 4.78 is 26.9. The fourth-order valence-electron chi connectivity index (χ4n) is 2.38. The van der Waals surface area contributed by atoms with E-state index in [0.29, 0.717) is 25.9 Å². The maximum absolute atomic E-state index is 12.1. The van der Waals surface area contributed by atoms with Crippen LogP contribution in [0.4, 0.5) is 0 Å². The van der Waals surface area contributed by atoms with Gasteiger partial charge in [0.05, 0.1) is 18.5 Å². The van der Waals surface area contributed by atoms with E-state index >= 15 is 0 Å². The van der Waals surface area contributed by atoms with Crippen LogP contribution in [0.1, 0.15) is 25.5 Å². The van der Waals surface area contributed by atoms with E-state index in [0.717, 1.165) is 11.9 Å². The molecule has 1 amide bonds. The van der Waals surface area contributed by atoms with Crippen LogP contribution in [0.2, 0.25) is 0 Å². The number of aromatic nitrogens is 2. The fourth-order valence-corrected chi connectivity index (χ4v) is 2.88. The third kappa shape index (κ3) is 3.57. The second-order valence-corrected chi connectivity index (χ2v) is 6.82. The maximum Gasteiger partial charge on any atom is 0.222 e. The Morgan fingerprint density at radius 2 is 2.30 bits per heavy atom. The van der Waals surface area contributed by atoms with E-state index < -0.39 is 10.0 Å². The second-order valence-electron chi connectivity index (χ2n) is 4.98. The van der Waals surface area contributed by atoms with Crippen molar-refractivity contribution in [2.24, 2.45) is 0 Å². The van der Waals surface area contributed by atoms with Crippen molar-refractivity contribution in [1.29, 1.82) is 0 Å². The molecule has 0 unspecified atom stereocenters. The summed E-state index contributed by atoms with van der Waals surface area (Å²) in [5.74, 6) is 0.0277. The van der Waals surface area contributed by atoms with Crippen LogP contribution in [0.25, 0.3) is 0 Å². The maximum atomic E-state index is 12.1. The number of rotatable bonds is 4. The number of nitrogens with one attached hydrogen (secondary N) is 1. The highest BCUT2D eigenvalue weighted by Crippen LogP contribution is 2.18. The Hall–Kier alpha value is -1.41. The highest BCUT2D eigenvalue weighted by Gasteiger charge is 2.27. The van der Waals surface area contributed by atoms with Gasteiger partial charge in [0, 0.05) is 31.7 Å². The number of amides is 1. The standard InChI is InChI=1S/C12H20N4O3S/c1-3-12(17)15-9-11-4-6-13-16(11)7-5-10(15)8-14-20(2,18)19/h4,6,10,14H,3,5,7-9H2,1-2H3/t10-/m1/s1. The van der Waals surface area contributed by atoms with E-state index in [2.05, 4.69) is 9.82 Å². The molecule has 2 rings (SSSR count). The van der Waals surface area contributed by atoms with Gasteiger partial charge in [-0.15, -0.1) is 0 Å². The molecule has 1 aromatic heterocycles. The van der Waals surface area contributed by atoms with E-state index in [1.165, 1.54) is 0 Å². The van der Waals surface area contributed by atoms with Crippen LogP contribution in [0.15, 0.2) is 12.3 Å². The molecule has 0 bridgehead atoms. The van der Waals surface area contributed by atoms with Crippen molar-refractivity contribution in [3.05, 3.63) is 18.0 Å². The van der Waals surface area contributed by atoms with Crippen molar-refractivity contribution < 1.29 is 13.2 Å². The van der Waals surface area contributed by atoms with E-state index in [-0.39, 0.29) is 18.5 Å². The normalized spacial score (nSPS) is 19.5. The topological polar surface area (TPSA) is 84.3 Å². The fraction of sp³-hybridized carbons (Fsp3) is 0.667. The zero-order chi connectivity index (χ0) is 14.8. The minimum absolute atomic E-state index is 0.0277. The van der Waals surface area contributed by atoms with Crippen LogP contribution in [0.5, 0.6) is 0 Å². The van der Waals surface area contributed by atoms with Crippen LogP contribution in [0.3, 0.4) is 0 Å². The minimum Gasteiger partial charge on any atom is -0.332 e. The Kier molecular flexibility index (Phi) is 4.44. The molecule has 0 fully saturated rings.